The summed E-state index contributed by atoms with van der Waals surface area (Å²) in [4.78, 5) is 15.0. The summed E-state index contributed by atoms with van der Waals surface area (Å²) in [6.07, 6.45) is 8.29. The Morgan fingerprint density at radius 2 is 2.29 bits per heavy atom. The molecule has 2 aromatic heterocycles. The summed E-state index contributed by atoms with van der Waals surface area (Å²) < 4.78 is 1.76. The Kier molecular flexibility index (Phi) is 5.45. The van der Waals surface area contributed by atoms with Gasteiger partial charge in [-0.3, -0.25) is 9.20 Å². The highest BCUT2D eigenvalue weighted by atomic mass is 16.1. The maximum atomic E-state index is 12.5. The van der Waals surface area contributed by atoms with Gasteiger partial charge in [0.15, 0.2) is 5.65 Å². The van der Waals surface area contributed by atoms with E-state index >= 15 is 0 Å². The highest BCUT2D eigenvalue weighted by Gasteiger charge is 2.22. The van der Waals surface area contributed by atoms with Gasteiger partial charge in [0.1, 0.15) is 6.33 Å². The highest BCUT2D eigenvalue weighted by molar-refractivity contribution is 5.99. The summed E-state index contributed by atoms with van der Waals surface area (Å²) in [7, 11) is 0. The number of fused-ring (bicyclic) bond motifs is 1. The molecule has 1 saturated heterocycles. The lowest BCUT2D eigenvalue weighted by Crippen LogP contribution is -2.43. The van der Waals surface area contributed by atoms with Crippen molar-refractivity contribution in [3.8, 4) is 0 Å². The van der Waals surface area contributed by atoms with Gasteiger partial charge >= 0.3 is 0 Å². The third-order valence-electron chi connectivity index (χ3n) is 4.68. The smallest absolute Gasteiger partial charge is 0.255 e. The Morgan fingerprint density at radius 1 is 1.42 bits per heavy atom. The van der Waals surface area contributed by atoms with Crippen LogP contribution in [0.1, 0.15) is 49.9 Å². The first-order chi connectivity index (χ1) is 11.6. The topological polar surface area (TPSA) is 62.5 Å². The molecule has 24 heavy (non-hydrogen) atoms. The Bertz CT molecular complexity index is 681. The molecule has 0 bridgehead atoms. The summed E-state index contributed by atoms with van der Waals surface area (Å²) in [5.41, 5.74) is 1.19. The molecule has 130 valence electrons. The largest absolute Gasteiger partial charge is 0.352 e. The van der Waals surface area contributed by atoms with Gasteiger partial charge in [-0.15, -0.1) is 10.2 Å². The maximum Gasteiger partial charge on any atom is 0.255 e. The molecule has 1 atom stereocenters. The van der Waals surface area contributed by atoms with E-state index in [0.29, 0.717) is 29.7 Å². The van der Waals surface area contributed by atoms with Crippen LogP contribution in [0.4, 0.5) is 0 Å². The number of amides is 1. The SMILES string of the molecule is CC(C)CN1CCCC[C@H]1CCNC(=O)c1cccn2cnnc12. The van der Waals surface area contributed by atoms with Gasteiger partial charge < -0.3 is 10.2 Å². The number of nitrogens with zero attached hydrogens (tertiary/aromatic N) is 4. The monoisotopic (exact) mass is 329 g/mol. The Hall–Kier alpha value is -1.95. The molecule has 0 aromatic carbocycles. The zero-order chi connectivity index (χ0) is 16.9. The Morgan fingerprint density at radius 3 is 3.12 bits per heavy atom. The molecule has 1 N–H and O–H groups in total. The predicted octanol–water partition coefficient (Wildman–Crippen LogP) is 2.36. The molecule has 0 aliphatic carbocycles. The van der Waals surface area contributed by atoms with Crippen molar-refractivity contribution in [1.82, 2.24) is 24.8 Å². The number of carbonyl (C=O) groups excluding carboxylic acids is 1. The summed E-state index contributed by atoms with van der Waals surface area (Å²) >= 11 is 0. The molecule has 1 fully saturated rings. The molecule has 1 aliphatic rings. The number of hydrogen-bond acceptors (Lipinski definition) is 4. The predicted molar refractivity (Wildman–Crippen MR) is 94.0 cm³/mol. The van der Waals surface area contributed by atoms with Crippen molar-refractivity contribution in [1.29, 1.82) is 0 Å². The molecular weight excluding hydrogens is 302 g/mol. The van der Waals surface area contributed by atoms with E-state index in [4.69, 9.17) is 0 Å². The molecular formula is C18H27N5O. The van der Waals surface area contributed by atoms with Crippen LogP contribution in [0.5, 0.6) is 0 Å². The van der Waals surface area contributed by atoms with Crippen molar-refractivity contribution in [3.05, 3.63) is 30.2 Å². The fourth-order valence-corrected chi connectivity index (χ4v) is 3.57. The molecule has 0 unspecified atom stereocenters. The lowest BCUT2D eigenvalue weighted by molar-refractivity contribution is 0.0935. The number of hydrogen-bond donors (Lipinski definition) is 1. The zero-order valence-corrected chi connectivity index (χ0v) is 14.6. The molecule has 3 rings (SSSR count). The van der Waals surface area contributed by atoms with Crippen LogP contribution in [0.25, 0.3) is 5.65 Å². The number of carbonyl (C=O) groups is 1. The number of pyridine rings is 1. The van der Waals surface area contributed by atoms with Crippen molar-refractivity contribution < 1.29 is 4.79 Å². The maximum absolute atomic E-state index is 12.5. The second-order valence-corrected chi connectivity index (χ2v) is 7.07. The van der Waals surface area contributed by atoms with Gasteiger partial charge in [-0.1, -0.05) is 20.3 Å². The third kappa shape index (κ3) is 3.93. The molecule has 1 aliphatic heterocycles. The summed E-state index contributed by atoms with van der Waals surface area (Å²) in [6.45, 7) is 7.58. The van der Waals surface area contributed by atoms with Crippen molar-refractivity contribution in [2.45, 2.75) is 45.6 Å². The standard InChI is InChI=1S/C18H27N5O/c1-14(2)12-22-10-4-3-6-15(22)8-9-19-18(24)16-7-5-11-23-13-20-21-17(16)23/h5,7,11,13-15H,3-4,6,8-10,12H2,1-2H3,(H,19,24)/t15-/m0/s1. The molecule has 0 spiro atoms. The number of rotatable bonds is 6. The minimum atomic E-state index is -0.0696. The van der Waals surface area contributed by atoms with Gasteiger partial charge in [0.2, 0.25) is 0 Å². The average molecular weight is 329 g/mol. The fraction of sp³-hybridized carbons (Fsp3) is 0.611. The molecule has 0 radical (unpaired) electrons. The first-order valence-corrected chi connectivity index (χ1v) is 8.95. The summed E-state index contributed by atoms with van der Waals surface area (Å²) in [6, 6.07) is 4.23. The summed E-state index contributed by atoms with van der Waals surface area (Å²) in [5.74, 6) is 0.616. The first kappa shape index (κ1) is 16.9. The van der Waals surface area contributed by atoms with Crippen molar-refractivity contribution in [3.63, 3.8) is 0 Å². The van der Waals surface area contributed by atoms with Crippen LogP contribution in [0.3, 0.4) is 0 Å². The van der Waals surface area contributed by atoms with E-state index in [0.717, 1.165) is 13.0 Å². The van der Waals surface area contributed by atoms with Gasteiger partial charge in [-0.05, 0) is 43.9 Å². The number of piperidine rings is 1. The molecule has 3 heterocycles. The Balaban J connectivity index is 1.55. The zero-order valence-electron chi connectivity index (χ0n) is 14.6. The number of likely N-dealkylation sites (tertiary alicyclic amines) is 1. The summed E-state index contributed by atoms with van der Waals surface area (Å²) in [5, 5.41) is 10.9. The van der Waals surface area contributed by atoms with E-state index in [1.54, 1.807) is 16.8 Å². The van der Waals surface area contributed by atoms with Crippen molar-refractivity contribution in [2.75, 3.05) is 19.6 Å². The van der Waals surface area contributed by atoms with Crippen LogP contribution >= 0.6 is 0 Å². The van der Waals surface area contributed by atoms with E-state index in [1.807, 2.05) is 12.3 Å². The highest BCUT2D eigenvalue weighted by Crippen LogP contribution is 2.20. The molecule has 6 heteroatoms. The van der Waals surface area contributed by atoms with Gasteiger partial charge in [0.25, 0.3) is 5.91 Å². The van der Waals surface area contributed by atoms with E-state index < -0.39 is 0 Å². The van der Waals surface area contributed by atoms with Crippen molar-refractivity contribution >= 4 is 11.6 Å². The van der Waals surface area contributed by atoms with Gasteiger partial charge in [0.05, 0.1) is 5.56 Å². The molecule has 0 saturated carbocycles. The number of aromatic nitrogens is 3. The number of nitrogens with one attached hydrogen (secondary N) is 1. The quantitative estimate of drug-likeness (QED) is 0.884. The first-order valence-electron chi connectivity index (χ1n) is 8.95. The van der Waals surface area contributed by atoms with E-state index in [-0.39, 0.29) is 5.91 Å². The molecule has 2 aromatic rings. The molecule has 1 amide bonds. The lowest BCUT2D eigenvalue weighted by atomic mass is 9.98. The minimum absolute atomic E-state index is 0.0696. The fourth-order valence-electron chi connectivity index (χ4n) is 3.57. The van der Waals surface area contributed by atoms with Gasteiger partial charge in [0, 0.05) is 25.3 Å². The van der Waals surface area contributed by atoms with E-state index in [1.165, 1.54) is 25.8 Å². The van der Waals surface area contributed by atoms with Crippen LogP contribution in [0, 0.1) is 5.92 Å². The second kappa shape index (κ2) is 7.75. The molecule has 6 nitrogen and oxygen atoms in total. The van der Waals surface area contributed by atoms with Crippen LogP contribution in [-0.2, 0) is 0 Å². The van der Waals surface area contributed by atoms with E-state index in [2.05, 4.69) is 34.3 Å². The van der Waals surface area contributed by atoms with Crippen LogP contribution in [-0.4, -0.2) is 51.1 Å². The van der Waals surface area contributed by atoms with Crippen molar-refractivity contribution in [2.24, 2.45) is 5.92 Å². The van der Waals surface area contributed by atoms with Crippen LogP contribution in [0.2, 0.25) is 0 Å². The third-order valence-corrected chi connectivity index (χ3v) is 4.68. The lowest BCUT2D eigenvalue weighted by Gasteiger charge is -2.37. The minimum Gasteiger partial charge on any atom is -0.352 e. The van der Waals surface area contributed by atoms with Gasteiger partial charge in [-0.2, -0.15) is 0 Å². The van der Waals surface area contributed by atoms with E-state index in [9.17, 15) is 4.79 Å². The van der Waals surface area contributed by atoms with Crippen LogP contribution in [0.15, 0.2) is 24.7 Å². The average Bonchev–Trinajstić information content (AvgIpc) is 3.04. The van der Waals surface area contributed by atoms with Gasteiger partial charge in [-0.25, -0.2) is 0 Å². The normalized spacial score (nSPS) is 19.0. The van der Waals surface area contributed by atoms with Crippen LogP contribution < -0.4 is 5.32 Å². The second-order valence-electron chi connectivity index (χ2n) is 7.07. The Labute approximate surface area is 143 Å².